The third-order valence-corrected chi connectivity index (χ3v) is 13.6. The Morgan fingerprint density at radius 3 is 2.42 bits per heavy atom. The van der Waals surface area contributed by atoms with E-state index < -0.39 is 52.1 Å². The lowest BCUT2D eigenvalue weighted by molar-refractivity contribution is -0.155. The van der Waals surface area contributed by atoms with Crippen molar-refractivity contribution in [3.8, 4) is 5.75 Å². The average Bonchev–Trinajstić information content (AvgIpc) is 3.50. The minimum absolute atomic E-state index is 0.00812. The SMILES string of the molecule is CC1CC2CC(C)C(NC(=O)c3c(CCN(C)C)nc(N4CC5(CCOCC5)c5cc(OC6CCN(c7ncccn7)CC6)ccc54)nc3C(F)(F)F)(C(=O)O)C(C1)C2. The summed E-state index contributed by atoms with van der Waals surface area (Å²) in [6, 6.07) is 7.53. The number of carboxylic acid groups (broad SMARTS) is 1. The second-order valence-corrected chi connectivity index (χ2v) is 17.9. The van der Waals surface area contributed by atoms with Crippen LogP contribution in [0.15, 0.2) is 36.7 Å². The molecule has 5 aliphatic rings. The van der Waals surface area contributed by atoms with Gasteiger partial charge in [-0.2, -0.15) is 13.2 Å². The van der Waals surface area contributed by atoms with Gasteiger partial charge in [-0.05, 0) is 106 Å². The molecule has 3 aliphatic heterocycles. The monoisotopic (exact) mass is 820 g/mol. The van der Waals surface area contributed by atoms with Gasteiger partial charge in [-0.3, -0.25) is 4.79 Å². The lowest BCUT2D eigenvalue weighted by atomic mass is 9.56. The third kappa shape index (κ3) is 7.94. The van der Waals surface area contributed by atoms with Crippen LogP contribution >= 0.6 is 0 Å². The summed E-state index contributed by atoms with van der Waals surface area (Å²) in [6.45, 7) is 6.95. The summed E-state index contributed by atoms with van der Waals surface area (Å²) in [5.74, 6) is -1.44. The van der Waals surface area contributed by atoms with Crippen molar-refractivity contribution in [2.24, 2.45) is 23.7 Å². The van der Waals surface area contributed by atoms with E-state index in [0.717, 1.165) is 37.9 Å². The molecule has 0 radical (unpaired) electrons. The number of ether oxygens (including phenoxy) is 2. The van der Waals surface area contributed by atoms with Crippen molar-refractivity contribution in [3.05, 3.63) is 59.2 Å². The summed E-state index contributed by atoms with van der Waals surface area (Å²) < 4.78 is 58.5. The number of rotatable bonds is 10. The Labute approximate surface area is 343 Å². The van der Waals surface area contributed by atoms with Crippen molar-refractivity contribution < 1.29 is 37.3 Å². The first-order chi connectivity index (χ1) is 28.2. The Kier molecular flexibility index (Phi) is 11.3. The van der Waals surface area contributed by atoms with Crippen LogP contribution < -0.4 is 19.9 Å². The second kappa shape index (κ2) is 16.1. The Hall–Kier alpha value is -4.57. The van der Waals surface area contributed by atoms with Crippen LogP contribution in [0.5, 0.6) is 5.75 Å². The number of nitrogens with one attached hydrogen (secondary N) is 1. The number of piperidine rings is 1. The topological polar surface area (TPSA) is 146 Å². The van der Waals surface area contributed by atoms with Crippen LogP contribution in [0.25, 0.3) is 0 Å². The highest BCUT2D eigenvalue weighted by molar-refractivity contribution is 6.00. The molecule has 2 bridgehead atoms. The summed E-state index contributed by atoms with van der Waals surface area (Å²) in [5, 5.41) is 13.5. The minimum atomic E-state index is -5.05. The Morgan fingerprint density at radius 1 is 1.02 bits per heavy atom. The van der Waals surface area contributed by atoms with Crippen molar-refractivity contribution in [1.29, 1.82) is 0 Å². The summed E-state index contributed by atoms with van der Waals surface area (Å²) in [7, 11) is 3.59. The fourth-order valence-electron chi connectivity index (χ4n) is 10.8. The van der Waals surface area contributed by atoms with E-state index in [1.165, 1.54) is 0 Å². The number of likely N-dealkylation sites (N-methyl/N-ethyl adjacent to an activating group) is 1. The molecule has 5 heterocycles. The zero-order valence-electron chi connectivity index (χ0n) is 34.3. The Balaban J connectivity index is 1.14. The van der Waals surface area contributed by atoms with E-state index in [0.29, 0.717) is 81.7 Å². The maximum absolute atomic E-state index is 15.4. The van der Waals surface area contributed by atoms with Crippen molar-refractivity contribution in [2.45, 2.75) is 94.9 Å². The van der Waals surface area contributed by atoms with Gasteiger partial charge in [-0.15, -0.1) is 0 Å². The lowest BCUT2D eigenvalue weighted by Crippen LogP contribution is -2.67. The highest BCUT2D eigenvalue weighted by Crippen LogP contribution is 2.52. The van der Waals surface area contributed by atoms with Crippen LogP contribution in [0.2, 0.25) is 0 Å². The fourth-order valence-corrected chi connectivity index (χ4v) is 10.8. The van der Waals surface area contributed by atoms with E-state index in [1.807, 2.05) is 23.1 Å². The van der Waals surface area contributed by atoms with E-state index in [9.17, 15) is 14.7 Å². The molecule has 59 heavy (non-hydrogen) atoms. The molecule has 13 nitrogen and oxygen atoms in total. The first kappa shape index (κ1) is 41.2. The van der Waals surface area contributed by atoms with Gasteiger partial charge in [0.25, 0.3) is 5.91 Å². The van der Waals surface area contributed by atoms with Crippen LogP contribution in [0.4, 0.5) is 30.8 Å². The smallest absolute Gasteiger partial charge is 0.434 e. The lowest BCUT2D eigenvalue weighted by Gasteiger charge is -2.52. The molecule has 16 heteroatoms. The van der Waals surface area contributed by atoms with Gasteiger partial charge in [0.05, 0.1) is 11.3 Å². The van der Waals surface area contributed by atoms with Gasteiger partial charge in [-0.1, -0.05) is 13.8 Å². The standard InChI is InChI=1S/C43H55F3N8O5/c1-26-20-28-22-27(2)42(38(56)57,29(21-26)23-28)51-37(55)35-33(10-15-52(3)4)49-40(50-36(35)43(44,45)46)54-25-41(11-18-58-19-12-41)32-24-31(6-7-34(32)54)59-30-8-16-53(17-9-30)39-47-13-5-14-48-39/h5-7,13-14,24,26-30H,8-12,15-23,25H2,1-4H3,(H,51,55)(H,56,57). The first-order valence-corrected chi connectivity index (χ1v) is 21.0. The quantitative estimate of drug-likeness (QED) is 0.237. The molecular weight excluding hydrogens is 766 g/mol. The predicted octanol–water partition coefficient (Wildman–Crippen LogP) is 6.28. The van der Waals surface area contributed by atoms with E-state index in [4.69, 9.17) is 14.5 Å². The molecule has 2 saturated heterocycles. The van der Waals surface area contributed by atoms with Gasteiger partial charge in [0.15, 0.2) is 5.69 Å². The highest BCUT2D eigenvalue weighted by atomic mass is 19.4. The number of aromatic nitrogens is 4. The number of benzene rings is 1. The second-order valence-electron chi connectivity index (χ2n) is 17.9. The van der Waals surface area contributed by atoms with Gasteiger partial charge < -0.3 is 34.6 Å². The van der Waals surface area contributed by atoms with Crippen molar-refractivity contribution in [3.63, 3.8) is 0 Å². The number of aliphatic carboxylic acids is 1. The number of fused-ring (bicyclic) bond motifs is 4. The van der Waals surface area contributed by atoms with E-state index in [2.05, 4.69) is 32.1 Å². The molecule has 5 unspecified atom stereocenters. The number of anilines is 3. The van der Waals surface area contributed by atoms with Gasteiger partial charge in [0, 0.05) is 82.2 Å². The minimum Gasteiger partial charge on any atom is -0.490 e. The van der Waals surface area contributed by atoms with Crippen molar-refractivity contribution in [1.82, 2.24) is 30.2 Å². The number of carbonyl (C=O) groups excluding carboxylic acids is 1. The molecule has 8 rings (SSSR count). The van der Waals surface area contributed by atoms with E-state index in [-0.39, 0.29) is 30.1 Å². The van der Waals surface area contributed by atoms with Gasteiger partial charge in [0.1, 0.15) is 17.4 Å². The fraction of sp³-hybridized carbons (Fsp3) is 0.628. The third-order valence-electron chi connectivity index (χ3n) is 13.6. The number of hydrogen-bond donors (Lipinski definition) is 2. The predicted molar refractivity (Wildman–Crippen MR) is 214 cm³/mol. The molecule has 2 saturated carbocycles. The first-order valence-electron chi connectivity index (χ1n) is 21.0. The Morgan fingerprint density at radius 2 is 1.75 bits per heavy atom. The summed E-state index contributed by atoms with van der Waals surface area (Å²) in [6.07, 6.45) is 3.94. The summed E-state index contributed by atoms with van der Waals surface area (Å²) in [4.78, 5) is 51.2. The molecule has 4 fully saturated rings. The number of nitrogens with zero attached hydrogens (tertiary/aromatic N) is 7. The number of halogens is 3. The molecule has 1 aromatic carbocycles. The van der Waals surface area contributed by atoms with Crippen molar-refractivity contribution in [2.75, 3.05) is 63.3 Å². The molecular formula is C43H55F3N8O5. The summed E-state index contributed by atoms with van der Waals surface area (Å²) in [5.41, 5.74) is -2.71. The molecule has 5 atom stereocenters. The van der Waals surface area contributed by atoms with Crippen molar-refractivity contribution >= 4 is 29.5 Å². The number of amides is 1. The van der Waals surface area contributed by atoms with E-state index >= 15 is 13.2 Å². The van der Waals surface area contributed by atoms with Crippen LogP contribution in [-0.4, -0.2) is 107 Å². The normalized spacial score (nSPS) is 26.8. The number of carbonyl (C=O) groups is 2. The zero-order valence-corrected chi connectivity index (χ0v) is 34.3. The molecule has 2 N–H and O–H groups in total. The van der Waals surface area contributed by atoms with Gasteiger partial charge in [-0.25, -0.2) is 24.7 Å². The number of hydrogen-bond acceptors (Lipinski definition) is 11. The largest absolute Gasteiger partial charge is 0.490 e. The molecule has 318 valence electrons. The number of carboxylic acids is 1. The number of alkyl halides is 3. The van der Waals surface area contributed by atoms with Crippen LogP contribution in [0.1, 0.15) is 92.5 Å². The van der Waals surface area contributed by atoms with Crippen LogP contribution in [-0.2, 0) is 27.5 Å². The van der Waals surface area contributed by atoms with Crippen LogP contribution in [0.3, 0.4) is 0 Å². The molecule has 2 aliphatic carbocycles. The Bertz CT molecular complexity index is 2020. The van der Waals surface area contributed by atoms with E-state index in [1.54, 1.807) is 44.4 Å². The highest BCUT2D eigenvalue weighted by Gasteiger charge is 2.57. The summed E-state index contributed by atoms with van der Waals surface area (Å²) >= 11 is 0. The maximum atomic E-state index is 15.4. The van der Waals surface area contributed by atoms with Gasteiger partial charge in [0.2, 0.25) is 11.9 Å². The molecule has 2 aromatic heterocycles. The molecule has 1 amide bonds. The maximum Gasteiger partial charge on any atom is 0.434 e. The van der Waals surface area contributed by atoms with Crippen LogP contribution in [0, 0.1) is 23.7 Å². The molecule has 1 spiro atoms. The molecule has 3 aromatic rings. The average molecular weight is 821 g/mol. The zero-order chi connectivity index (χ0) is 41.7. The van der Waals surface area contributed by atoms with Gasteiger partial charge >= 0.3 is 12.1 Å².